The number of carbonyl (C=O) groups excluding carboxylic acids is 1. The summed E-state index contributed by atoms with van der Waals surface area (Å²) in [6.45, 7) is 1.58. The molecule has 0 saturated carbocycles. The summed E-state index contributed by atoms with van der Waals surface area (Å²) in [5, 5.41) is 10.00. The fraction of sp³-hybridized carbons (Fsp3) is 0.100. The van der Waals surface area contributed by atoms with Crippen molar-refractivity contribution >= 4 is 33.3 Å². The summed E-state index contributed by atoms with van der Waals surface area (Å²) in [5.74, 6) is -1.61. The first-order chi connectivity index (χ1) is 14.1. The molecule has 1 heterocycles. The molecular formula is C20H16ClFN2O5S. The number of hydrogen-bond donors (Lipinski definition) is 2. The number of phenolic OH excluding ortho intramolecular Hbond substituents is 1. The number of aryl methyl sites for hydroxylation is 1. The number of anilines is 1. The molecule has 0 atom stereocenters. The molecule has 0 aliphatic carbocycles. The molecule has 0 fully saturated rings. The van der Waals surface area contributed by atoms with Crippen molar-refractivity contribution in [2.24, 2.45) is 0 Å². The van der Waals surface area contributed by atoms with Gasteiger partial charge in [-0.2, -0.15) is 0 Å². The van der Waals surface area contributed by atoms with Gasteiger partial charge in [-0.15, -0.1) is 0 Å². The van der Waals surface area contributed by atoms with E-state index in [4.69, 9.17) is 11.6 Å². The molecule has 0 spiro atoms. The zero-order valence-electron chi connectivity index (χ0n) is 15.8. The van der Waals surface area contributed by atoms with Gasteiger partial charge in [-0.1, -0.05) is 17.7 Å². The number of benzene rings is 2. The van der Waals surface area contributed by atoms with Crippen LogP contribution in [-0.4, -0.2) is 31.6 Å². The summed E-state index contributed by atoms with van der Waals surface area (Å²) in [5.41, 5.74) is 1.10. The summed E-state index contributed by atoms with van der Waals surface area (Å²) >= 11 is 6.12. The number of aromatic hydroxyl groups is 1. The van der Waals surface area contributed by atoms with Gasteiger partial charge in [-0.3, -0.25) is 4.72 Å². The van der Waals surface area contributed by atoms with E-state index in [2.05, 4.69) is 14.4 Å². The Morgan fingerprint density at radius 1 is 1.20 bits per heavy atom. The first-order valence-corrected chi connectivity index (χ1v) is 10.3. The second-order valence-corrected chi connectivity index (χ2v) is 8.34. The predicted molar refractivity (Wildman–Crippen MR) is 110 cm³/mol. The third-order valence-corrected chi connectivity index (χ3v) is 5.90. The largest absolute Gasteiger partial charge is 0.507 e. The van der Waals surface area contributed by atoms with Gasteiger partial charge in [0.15, 0.2) is 0 Å². The Morgan fingerprint density at radius 3 is 2.57 bits per heavy atom. The van der Waals surface area contributed by atoms with Crippen LogP contribution in [0.2, 0.25) is 5.15 Å². The van der Waals surface area contributed by atoms with E-state index in [0.29, 0.717) is 16.7 Å². The molecule has 2 N–H and O–H groups in total. The minimum Gasteiger partial charge on any atom is -0.507 e. The fourth-order valence-corrected chi connectivity index (χ4v) is 3.91. The molecule has 7 nitrogen and oxygen atoms in total. The molecule has 0 unspecified atom stereocenters. The number of pyridine rings is 1. The van der Waals surface area contributed by atoms with Gasteiger partial charge in [0.05, 0.1) is 12.8 Å². The van der Waals surface area contributed by atoms with Crippen molar-refractivity contribution in [3.05, 3.63) is 70.8 Å². The van der Waals surface area contributed by atoms with Gasteiger partial charge in [0.2, 0.25) is 0 Å². The highest BCUT2D eigenvalue weighted by molar-refractivity contribution is 7.92. The number of esters is 1. The molecule has 0 aliphatic heterocycles. The Labute approximate surface area is 177 Å². The van der Waals surface area contributed by atoms with Crippen molar-refractivity contribution < 1.29 is 27.4 Å². The number of hydrogen-bond acceptors (Lipinski definition) is 6. The van der Waals surface area contributed by atoms with Gasteiger partial charge >= 0.3 is 5.97 Å². The van der Waals surface area contributed by atoms with Crippen LogP contribution < -0.4 is 4.72 Å². The molecular weight excluding hydrogens is 435 g/mol. The molecule has 3 aromatic rings. The van der Waals surface area contributed by atoms with Crippen LogP contribution in [0.1, 0.15) is 15.9 Å². The number of methoxy groups -OCH3 is 1. The third kappa shape index (κ3) is 4.37. The second kappa shape index (κ2) is 8.29. The van der Waals surface area contributed by atoms with E-state index < -0.39 is 27.6 Å². The lowest BCUT2D eigenvalue weighted by Crippen LogP contribution is -2.14. The first-order valence-electron chi connectivity index (χ1n) is 8.48. The normalized spacial score (nSPS) is 11.2. The summed E-state index contributed by atoms with van der Waals surface area (Å²) in [7, 11) is -2.95. The summed E-state index contributed by atoms with van der Waals surface area (Å²) in [6, 6.07) is 9.18. The fourth-order valence-electron chi connectivity index (χ4n) is 2.68. The highest BCUT2D eigenvalue weighted by Gasteiger charge is 2.20. The van der Waals surface area contributed by atoms with Crippen LogP contribution in [0.25, 0.3) is 11.1 Å². The van der Waals surface area contributed by atoms with E-state index in [1.807, 2.05) is 0 Å². The van der Waals surface area contributed by atoms with E-state index in [0.717, 1.165) is 19.4 Å². The maximum Gasteiger partial charge on any atom is 0.341 e. The first kappa shape index (κ1) is 21.5. The van der Waals surface area contributed by atoms with Gasteiger partial charge in [0.1, 0.15) is 27.2 Å². The SMILES string of the molecule is COC(=O)c1ccc(NS(=O)(=O)c2cnc(Cl)c(-c3ccc(F)c(C)c3)c2)cc1O. The molecule has 2 aromatic carbocycles. The van der Waals surface area contributed by atoms with Gasteiger partial charge < -0.3 is 9.84 Å². The molecule has 30 heavy (non-hydrogen) atoms. The van der Waals surface area contributed by atoms with E-state index in [-0.39, 0.29) is 21.3 Å². The Kier molecular flexibility index (Phi) is 5.95. The lowest BCUT2D eigenvalue weighted by atomic mass is 10.1. The lowest BCUT2D eigenvalue weighted by molar-refractivity contribution is 0.0597. The number of rotatable bonds is 5. The van der Waals surface area contributed by atoms with Crippen molar-refractivity contribution in [1.82, 2.24) is 4.98 Å². The number of sulfonamides is 1. The quantitative estimate of drug-likeness (QED) is 0.447. The van der Waals surface area contributed by atoms with E-state index >= 15 is 0 Å². The van der Waals surface area contributed by atoms with Crippen LogP contribution in [0.3, 0.4) is 0 Å². The summed E-state index contributed by atoms with van der Waals surface area (Å²) < 4.78 is 45.9. The number of nitrogens with zero attached hydrogens (tertiary/aromatic N) is 1. The number of phenols is 1. The molecule has 0 radical (unpaired) electrons. The Hall–Kier alpha value is -3.17. The van der Waals surface area contributed by atoms with E-state index in [1.165, 1.54) is 36.4 Å². The van der Waals surface area contributed by atoms with Crippen molar-refractivity contribution in [3.63, 3.8) is 0 Å². The highest BCUT2D eigenvalue weighted by atomic mass is 35.5. The number of nitrogens with one attached hydrogen (secondary N) is 1. The monoisotopic (exact) mass is 450 g/mol. The third-order valence-electron chi connectivity index (χ3n) is 4.25. The minimum absolute atomic E-state index is 0.0225. The van der Waals surface area contributed by atoms with Gasteiger partial charge in [-0.05, 0) is 48.4 Å². The van der Waals surface area contributed by atoms with Crippen molar-refractivity contribution in [2.75, 3.05) is 11.8 Å². The van der Waals surface area contributed by atoms with Crippen LogP contribution in [0.15, 0.2) is 53.6 Å². The van der Waals surface area contributed by atoms with Crippen LogP contribution in [0.4, 0.5) is 10.1 Å². The number of aromatic nitrogens is 1. The number of carbonyl (C=O) groups is 1. The standard InChI is InChI=1S/C20H16ClFN2O5S/c1-11-7-12(3-6-17(11)22)16-9-14(10-23-19(16)21)30(27,28)24-13-4-5-15(18(25)8-13)20(26)29-2/h3-10,24-25H,1-2H3. The minimum atomic E-state index is -4.11. The topological polar surface area (TPSA) is 106 Å². The van der Waals surface area contributed by atoms with Crippen molar-refractivity contribution in [2.45, 2.75) is 11.8 Å². The second-order valence-electron chi connectivity index (χ2n) is 6.30. The van der Waals surface area contributed by atoms with Gasteiger partial charge in [-0.25, -0.2) is 22.6 Å². The maximum atomic E-state index is 13.6. The molecule has 10 heteroatoms. The zero-order chi connectivity index (χ0) is 22.1. The Bertz CT molecular complexity index is 1250. The molecule has 1 aromatic heterocycles. The van der Waals surface area contributed by atoms with Gasteiger partial charge in [0.25, 0.3) is 10.0 Å². The van der Waals surface area contributed by atoms with E-state index in [1.54, 1.807) is 6.92 Å². The van der Waals surface area contributed by atoms with Crippen LogP contribution in [0.5, 0.6) is 5.75 Å². The molecule has 0 bridgehead atoms. The van der Waals surface area contributed by atoms with Crippen molar-refractivity contribution in [1.29, 1.82) is 0 Å². The summed E-state index contributed by atoms with van der Waals surface area (Å²) in [6.07, 6.45) is 1.08. The average Bonchev–Trinajstić information content (AvgIpc) is 2.69. The lowest BCUT2D eigenvalue weighted by Gasteiger charge is -2.12. The molecule has 0 amide bonds. The highest BCUT2D eigenvalue weighted by Crippen LogP contribution is 2.31. The van der Waals surface area contributed by atoms with Crippen LogP contribution in [-0.2, 0) is 14.8 Å². The van der Waals surface area contributed by atoms with Crippen molar-refractivity contribution in [3.8, 4) is 16.9 Å². The molecule has 0 saturated heterocycles. The van der Waals surface area contributed by atoms with E-state index in [9.17, 15) is 22.7 Å². The molecule has 156 valence electrons. The zero-order valence-corrected chi connectivity index (χ0v) is 17.4. The number of ether oxygens (including phenoxy) is 1. The Morgan fingerprint density at radius 2 is 1.93 bits per heavy atom. The average molecular weight is 451 g/mol. The van der Waals surface area contributed by atoms with Gasteiger partial charge in [0, 0.05) is 17.8 Å². The smallest absolute Gasteiger partial charge is 0.341 e. The predicted octanol–water partition coefficient (Wildman–Crippen LogP) is 4.14. The number of halogens is 2. The van der Waals surface area contributed by atoms with Crippen LogP contribution >= 0.6 is 11.6 Å². The molecule has 3 rings (SSSR count). The maximum absolute atomic E-state index is 13.6. The summed E-state index contributed by atoms with van der Waals surface area (Å²) in [4.78, 5) is 15.3. The van der Waals surface area contributed by atoms with Crippen LogP contribution in [0, 0.1) is 12.7 Å². The molecule has 0 aliphatic rings. The Balaban J connectivity index is 1.96.